The third-order valence-corrected chi connectivity index (χ3v) is 2.13. The standard InChI is InChI=1S/C10H13F2NO.ClH/c1-6-2-3-7(11)9(10(6)12)8(13)4-5-14;/h2-3,8,14H,4-5,13H2,1H3;1H. The Hall–Kier alpha value is -0.710. The highest BCUT2D eigenvalue weighted by molar-refractivity contribution is 5.85. The minimum absolute atomic E-state index is 0. The normalized spacial score (nSPS) is 12.1. The molecular formula is C10H14ClF2NO. The van der Waals surface area contributed by atoms with E-state index < -0.39 is 17.7 Å². The molecule has 0 amide bonds. The van der Waals surface area contributed by atoms with E-state index >= 15 is 0 Å². The second-order valence-corrected chi connectivity index (χ2v) is 3.21. The summed E-state index contributed by atoms with van der Waals surface area (Å²) in [4.78, 5) is 0. The summed E-state index contributed by atoms with van der Waals surface area (Å²) in [5, 5.41) is 8.62. The zero-order valence-electron chi connectivity index (χ0n) is 8.34. The van der Waals surface area contributed by atoms with Crippen molar-refractivity contribution in [3.63, 3.8) is 0 Å². The number of hydrogen-bond donors (Lipinski definition) is 2. The molecule has 0 radical (unpaired) electrons. The summed E-state index contributed by atoms with van der Waals surface area (Å²) >= 11 is 0. The predicted molar refractivity (Wildman–Crippen MR) is 57.0 cm³/mol. The van der Waals surface area contributed by atoms with Gasteiger partial charge < -0.3 is 10.8 Å². The molecule has 0 aliphatic carbocycles. The maximum absolute atomic E-state index is 13.4. The zero-order valence-corrected chi connectivity index (χ0v) is 9.15. The minimum Gasteiger partial charge on any atom is -0.396 e. The molecule has 3 N–H and O–H groups in total. The largest absolute Gasteiger partial charge is 0.396 e. The Morgan fingerprint density at radius 2 is 2.00 bits per heavy atom. The van der Waals surface area contributed by atoms with Gasteiger partial charge in [-0.05, 0) is 25.0 Å². The van der Waals surface area contributed by atoms with Gasteiger partial charge in [0.25, 0.3) is 0 Å². The van der Waals surface area contributed by atoms with Crippen molar-refractivity contribution < 1.29 is 13.9 Å². The number of rotatable bonds is 3. The van der Waals surface area contributed by atoms with Gasteiger partial charge in [-0.25, -0.2) is 8.78 Å². The van der Waals surface area contributed by atoms with Crippen LogP contribution in [0.1, 0.15) is 23.6 Å². The molecule has 0 spiro atoms. The number of aliphatic hydroxyl groups is 1. The lowest BCUT2D eigenvalue weighted by molar-refractivity contribution is 0.274. The van der Waals surface area contributed by atoms with Crippen molar-refractivity contribution in [2.75, 3.05) is 6.61 Å². The first-order valence-corrected chi connectivity index (χ1v) is 4.39. The molecule has 0 bridgehead atoms. The molecular weight excluding hydrogens is 224 g/mol. The third-order valence-electron chi connectivity index (χ3n) is 2.13. The molecule has 1 aromatic rings. The van der Waals surface area contributed by atoms with Crippen LogP contribution in [-0.4, -0.2) is 11.7 Å². The monoisotopic (exact) mass is 237 g/mol. The highest BCUT2D eigenvalue weighted by Gasteiger charge is 2.17. The molecule has 1 unspecified atom stereocenters. The lowest BCUT2D eigenvalue weighted by Gasteiger charge is -2.13. The van der Waals surface area contributed by atoms with Crippen molar-refractivity contribution in [3.8, 4) is 0 Å². The molecule has 0 aliphatic heterocycles. The molecule has 15 heavy (non-hydrogen) atoms. The number of halogens is 3. The summed E-state index contributed by atoms with van der Waals surface area (Å²) in [5.41, 5.74) is 5.75. The van der Waals surface area contributed by atoms with Gasteiger partial charge >= 0.3 is 0 Å². The van der Waals surface area contributed by atoms with E-state index in [9.17, 15) is 8.78 Å². The topological polar surface area (TPSA) is 46.2 Å². The Morgan fingerprint density at radius 1 is 1.40 bits per heavy atom. The summed E-state index contributed by atoms with van der Waals surface area (Å²) < 4.78 is 26.6. The van der Waals surface area contributed by atoms with Crippen molar-refractivity contribution in [2.24, 2.45) is 5.73 Å². The van der Waals surface area contributed by atoms with Gasteiger partial charge in [0.2, 0.25) is 0 Å². The molecule has 2 nitrogen and oxygen atoms in total. The molecule has 0 aliphatic rings. The number of aryl methyl sites for hydroxylation is 1. The number of hydrogen-bond acceptors (Lipinski definition) is 2. The van der Waals surface area contributed by atoms with E-state index in [0.717, 1.165) is 0 Å². The van der Waals surface area contributed by atoms with E-state index in [4.69, 9.17) is 10.8 Å². The van der Waals surface area contributed by atoms with E-state index in [-0.39, 0.29) is 31.0 Å². The van der Waals surface area contributed by atoms with E-state index in [0.29, 0.717) is 5.56 Å². The van der Waals surface area contributed by atoms with Crippen molar-refractivity contribution in [1.29, 1.82) is 0 Å². The first-order valence-electron chi connectivity index (χ1n) is 4.39. The van der Waals surface area contributed by atoms with E-state index in [1.165, 1.54) is 12.1 Å². The average molecular weight is 238 g/mol. The van der Waals surface area contributed by atoms with Crippen LogP contribution in [0.3, 0.4) is 0 Å². The number of nitrogens with two attached hydrogens (primary N) is 1. The van der Waals surface area contributed by atoms with E-state index in [1.54, 1.807) is 6.92 Å². The van der Waals surface area contributed by atoms with Gasteiger partial charge in [0.15, 0.2) is 0 Å². The van der Waals surface area contributed by atoms with E-state index in [1.807, 2.05) is 0 Å². The molecule has 1 atom stereocenters. The van der Waals surface area contributed by atoms with E-state index in [2.05, 4.69) is 0 Å². The van der Waals surface area contributed by atoms with Gasteiger partial charge in [-0.2, -0.15) is 0 Å². The minimum atomic E-state index is -0.792. The fourth-order valence-electron chi connectivity index (χ4n) is 1.30. The van der Waals surface area contributed by atoms with Gasteiger partial charge in [0.05, 0.1) is 0 Å². The quantitative estimate of drug-likeness (QED) is 0.846. The fraction of sp³-hybridized carbons (Fsp3) is 0.400. The van der Waals surface area contributed by atoms with Crippen molar-refractivity contribution in [2.45, 2.75) is 19.4 Å². The average Bonchev–Trinajstić information content (AvgIpc) is 2.13. The SMILES string of the molecule is Cc1ccc(F)c(C(N)CCO)c1F.Cl. The third kappa shape index (κ3) is 3.12. The molecule has 0 fully saturated rings. The summed E-state index contributed by atoms with van der Waals surface area (Å²) in [5.74, 6) is -1.28. The molecule has 0 saturated heterocycles. The van der Waals surface area contributed by atoms with Crippen LogP contribution in [0.5, 0.6) is 0 Å². The summed E-state index contributed by atoms with van der Waals surface area (Å²) in [6.45, 7) is 1.36. The molecule has 0 heterocycles. The maximum Gasteiger partial charge on any atom is 0.133 e. The summed E-state index contributed by atoms with van der Waals surface area (Å²) in [6, 6.07) is 1.75. The molecule has 1 rings (SSSR count). The Labute approximate surface area is 93.5 Å². The predicted octanol–water partition coefficient (Wildman–Crippen LogP) is 2.08. The molecule has 86 valence electrons. The van der Waals surface area contributed by atoms with Crippen molar-refractivity contribution in [3.05, 3.63) is 34.9 Å². The molecule has 5 heteroatoms. The van der Waals surface area contributed by atoms with Crippen molar-refractivity contribution in [1.82, 2.24) is 0 Å². The van der Waals surface area contributed by atoms with Crippen LogP contribution in [-0.2, 0) is 0 Å². The van der Waals surface area contributed by atoms with Gasteiger partial charge in [-0.15, -0.1) is 12.4 Å². The van der Waals surface area contributed by atoms with Gasteiger partial charge in [0.1, 0.15) is 11.6 Å². The van der Waals surface area contributed by atoms with Gasteiger partial charge in [0, 0.05) is 18.2 Å². The zero-order chi connectivity index (χ0) is 10.7. The Balaban J connectivity index is 0.00000196. The first-order chi connectivity index (χ1) is 6.57. The fourth-order valence-corrected chi connectivity index (χ4v) is 1.30. The highest BCUT2D eigenvalue weighted by Crippen LogP contribution is 2.23. The summed E-state index contributed by atoms with van der Waals surface area (Å²) in [6.07, 6.45) is 0.150. The van der Waals surface area contributed by atoms with Crippen LogP contribution in [0.2, 0.25) is 0 Å². The first kappa shape index (κ1) is 14.3. The van der Waals surface area contributed by atoms with Gasteiger partial charge in [-0.3, -0.25) is 0 Å². The second kappa shape index (κ2) is 6.00. The van der Waals surface area contributed by atoms with Gasteiger partial charge in [-0.1, -0.05) is 6.07 Å². The Kier molecular flexibility index (Phi) is 5.72. The van der Waals surface area contributed by atoms with Crippen LogP contribution < -0.4 is 5.73 Å². The van der Waals surface area contributed by atoms with Crippen LogP contribution in [0, 0.1) is 18.6 Å². The molecule has 1 aromatic carbocycles. The maximum atomic E-state index is 13.4. The summed E-state index contributed by atoms with van der Waals surface area (Å²) in [7, 11) is 0. The lowest BCUT2D eigenvalue weighted by atomic mass is 10.0. The lowest BCUT2D eigenvalue weighted by Crippen LogP contribution is -2.16. The molecule has 0 aromatic heterocycles. The second-order valence-electron chi connectivity index (χ2n) is 3.21. The number of aliphatic hydroxyl groups excluding tert-OH is 1. The smallest absolute Gasteiger partial charge is 0.133 e. The number of benzene rings is 1. The Morgan fingerprint density at radius 3 is 2.53 bits per heavy atom. The molecule has 0 saturated carbocycles. The Bertz CT molecular complexity index is 333. The van der Waals surface area contributed by atoms with Crippen LogP contribution in [0.15, 0.2) is 12.1 Å². The highest BCUT2D eigenvalue weighted by atomic mass is 35.5. The van der Waals surface area contributed by atoms with Crippen LogP contribution in [0.4, 0.5) is 8.78 Å². The van der Waals surface area contributed by atoms with Crippen molar-refractivity contribution >= 4 is 12.4 Å². The van der Waals surface area contributed by atoms with Crippen LogP contribution in [0.25, 0.3) is 0 Å². The van der Waals surface area contributed by atoms with Crippen LogP contribution >= 0.6 is 12.4 Å².